The summed E-state index contributed by atoms with van der Waals surface area (Å²) in [6.07, 6.45) is 4.00. The number of ether oxygens (including phenoxy) is 1. The fraction of sp³-hybridized carbons (Fsp3) is 0.650. The van der Waals surface area contributed by atoms with E-state index in [0.717, 1.165) is 57.7 Å². The summed E-state index contributed by atoms with van der Waals surface area (Å²) >= 11 is 0. The Balaban J connectivity index is 1.61. The summed E-state index contributed by atoms with van der Waals surface area (Å²) < 4.78 is 5.42. The zero-order chi connectivity index (χ0) is 17.9. The van der Waals surface area contributed by atoms with Gasteiger partial charge in [0.1, 0.15) is 0 Å². The van der Waals surface area contributed by atoms with E-state index in [1.165, 1.54) is 5.56 Å². The van der Waals surface area contributed by atoms with E-state index >= 15 is 0 Å². The molecule has 3 atom stereocenters. The summed E-state index contributed by atoms with van der Waals surface area (Å²) in [7, 11) is 0. The Morgan fingerprint density at radius 2 is 1.96 bits per heavy atom. The molecule has 0 bridgehead atoms. The molecule has 1 saturated heterocycles. The number of anilines is 1. The molecule has 3 N–H and O–H groups in total. The van der Waals surface area contributed by atoms with Gasteiger partial charge in [0, 0.05) is 30.4 Å². The number of nitrogens with zero attached hydrogens (tertiary/aromatic N) is 1. The third-order valence-corrected chi connectivity index (χ3v) is 5.82. The van der Waals surface area contributed by atoms with Crippen molar-refractivity contribution in [2.45, 2.75) is 51.1 Å². The number of nitrogens with one attached hydrogen (secondary N) is 1. The molecule has 1 amide bonds. The molecule has 0 radical (unpaired) electrons. The van der Waals surface area contributed by atoms with Gasteiger partial charge in [-0.3, -0.25) is 9.69 Å². The third kappa shape index (κ3) is 4.40. The van der Waals surface area contributed by atoms with Crippen LogP contribution in [-0.2, 0) is 9.53 Å². The standard InChI is InChI=1S/C20H31N3O2/c1-15(23-11-13-25-14-12-23)16-6-8-17(9-7-16)22-19(24)18-5-3-4-10-20(18,2)21/h6-9,15,18H,3-5,10-14,21H2,1-2H3,(H,22,24). The minimum Gasteiger partial charge on any atom is -0.379 e. The van der Waals surface area contributed by atoms with E-state index in [1.54, 1.807) is 0 Å². The maximum absolute atomic E-state index is 12.6. The highest BCUT2D eigenvalue weighted by Gasteiger charge is 2.37. The monoisotopic (exact) mass is 345 g/mol. The van der Waals surface area contributed by atoms with Crippen LogP contribution in [0, 0.1) is 5.92 Å². The number of benzene rings is 1. The van der Waals surface area contributed by atoms with Gasteiger partial charge in [-0.2, -0.15) is 0 Å². The number of morpholine rings is 1. The van der Waals surface area contributed by atoms with Gasteiger partial charge in [-0.1, -0.05) is 25.0 Å². The molecule has 5 nitrogen and oxygen atoms in total. The molecule has 5 heteroatoms. The molecule has 1 aromatic carbocycles. The summed E-state index contributed by atoms with van der Waals surface area (Å²) in [5, 5.41) is 3.06. The van der Waals surface area contributed by atoms with Crippen LogP contribution in [0.2, 0.25) is 0 Å². The van der Waals surface area contributed by atoms with E-state index in [1.807, 2.05) is 19.1 Å². The lowest BCUT2D eigenvalue weighted by molar-refractivity contribution is -0.122. The summed E-state index contributed by atoms with van der Waals surface area (Å²) in [5.74, 6) is -0.0492. The molecule has 3 rings (SSSR count). The maximum Gasteiger partial charge on any atom is 0.229 e. The molecule has 25 heavy (non-hydrogen) atoms. The first-order valence-corrected chi connectivity index (χ1v) is 9.49. The molecule has 0 spiro atoms. The predicted octanol–water partition coefficient (Wildman–Crippen LogP) is 2.93. The first-order valence-electron chi connectivity index (χ1n) is 9.49. The van der Waals surface area contributed by atoms with Gasteiger partial charge in [-0.15, -0.1) is 0 Å². The van der Waals surface area contributed by atoms with Crippen LogP contribution in [0.1, 0.15) is 51.1 Å². The molecule has 1 aromatic rings. The van der Waals surface area contributed by atoms with Crippen molar-refractivity contribution >= 4 is 11.6 Å². The highest BCUT2D eigenvalue weighted by Crippen LogP contribution is 2.32. The number of nitrogens with two attached hydrogens (primary N) is 1. The van der Waals surface area contributed by atoms with Crippen LogP contribution in [0.4, 0.5) is 5.69 Å². The van der Waals surface area contributed by atoms with E-state index in [4.69, 9.17) is 10.5 Å². The van der Waals surface area contributed by atoms with Crippen LogP contribution in [0.15, 0.2) is 24.3 Å². The van der Waals surface area contributed by atoms with Crippen molar-refractivity contribution < 1.29 is 9.53 Å². The Bertz CT molecular complexity index is 579. The largest absolute Gasteiger partial charge is 0.379 e. The average Bonchev–Trinajstić information content (AvgIpc) is 2.62. The Hall–Kier alpha value is -1.43. The van der Waals surface area contributed by atoms with Crippen molar-refractivity contribution in [1.29, 1.82) is 0 Å². The first-order chi connectivity index (χ1) is 12.0. The van der Waals surface area contributed by atoms with E-state index in [0.29, 0.717) is 6.04 Å². The number of carbonyl (C=O) groups excluding carboxylic acids is 1. The molecule has 2 aliphatic rings. The second-order valence-corrected chi connectivity index (χ2v) is 7.74. The molecule has 1 aliphatic heterocycles. The quantitative estimate of drug-likeness (QED) is 0.880. The van der Waals surface area contributed by atoms with Gasteiger partial charge < -0.3 is 15.8 Å². The van der Waals surface area contributed by atoms with E-state index in [2.05, 4.69) is 29.3 Å². The Morgan fingerprint density at radius 1 is 1.28 bits per heavy atom. The van der Waals surface area contributed by atoms with E-state index in [-0.39, 0.29) is 11.8 Å². The van der Waals surface area contributed by atoms with E-state index in [9.17, 15) is 4.79 Å². The van der Waals surface area contributed by atoms with Crippen molar-refractivity contribution in [3.8, 4) is 0 Å². The van der Waals surface area contributed by atoms with Crippen molar-refractivity contribution in [3.05, 3.63) is 29.8 Å². The summed E-state index contributed by atoms with van der Waals surface area (Å²) in [6.45, 7) is 7.77. The lowest BCUT2D eigenvalue weighted by Gasteiger charge is -2.37. The van der Waals surface area contributed by atoms with Gasteiger partial charge in [0.05, 0.1) is 19.1 Å². The lowest BCUT2D eigenvalue weighted by atomic mass is 9.74. The van der Waals surface area contributed by atoms with Crippen LogP contribution in [0.25, 0.3) is 0 Å². The van der Waals surface area contributed by atoms with Crippen LogP contribution in [0.3, 0.4) is 0 Å². The number of hydrogen-bond acceptors (Lipinski definition) is 4. The minimum absolute atomic E-state index is 0.0543. The first kappa shape index (κ1) is 18.4. The van der Waals surface area contributed by atoms with Gasteiger partial charge in [-0.05, 0) is 44.4 Å². The molecule has 138 valence electrons. The normalized spacial score (nSPS) is 29.2. The molecular weight excluding hydrogens is 314 g/mol. The minimum atomic E-state index is -0.396. The van der Waals surface area contributed by atoms with Gasteiger partial charge in [0.15, 0.2) is 0 Å². The predicted molar refractivity (Wildman–Crippen MR) is 100 cm³/mol. The third-order valence-electron chi connectivity index (χ3n) is 5.82. The van der Waals surface area contributed by atoms with Crippen LogP contribution >= 0.6 is 0 Å². The highest BCUT2D eigenvalue weighted by molar-refractivity contribution is 5.93. The zero-order valence-corrected chi connectivity index (χ0v) is 15.5. The number of rotatable bonds is 4. The molecular formula is C20H31N3O2. The van der Waals surface area contributed by atoms with E-state index < -0.39 is 5.54 Å². The highest BCUT2D eigenvalue weighted by atomic mass is 16.5. The second-order valence-electron chi connectivity index (χ2n) is 7.74. The Labute approximate surface area is 150 Å². The van der Waals surface area contributed by atoms with Crippen molar-refractivity contribution in [2.75, 3.05) is 31.6 Å². The average molecular weight is 345 g/mol. The van der Waals surface area contributed by atoms with Gasteiger partial charge in [0.2, 0.25) is 5.91 Å². The van der Waals surface area contributed by atoms with Crippen LogP contribution in [-0.4, -0.2) is 42.6 Å². The van der Waals surface area contributed by atoms with Crippen molar-refractivity contribution in [3.63, 3.8) is 0 Å². The summed E-state index contributed by atoms with van der Waals surface area (Å²) in [4.78, 5) is 15.1. The molecule has 0 aromatic heterocycles. The summed E-state index contributed by atoms with van der Waals surface area (Å²) in [6, 6.07) is 8.58. The van der Waals surface area contributed by atoms with Gasteiger partial charge >= 0.3 is 0 Å². The molecule has 1 aliphatic carbocycles. The van der Waals surface area contributed by atoms with Crippen LogP contribution < -0.4 is 11.1 Å². The fourth-order valence-electron chi connectivity index (χ4n) is 4.04. The second kappa shape index (κ2) is 7.85. The Morgan fingerprint density at radius 3 is 2.60 bits per heavy atom. The van der Waals surface area contributed by atoms with Crippen molar-refractivity contribution in [2.24, 2.45) is 11.7 Å². The smallest absolute Gasteiger partial charge is 0.229 e. The zero-order valence-electron chi connectivity index (χ0n) is 15.5. The molecule has 1 saturated carbocycles. The van der Waals surface area contributed by atoms with Crippen molar-refractivity contribution in [1.82, 2.24) is 4.90 Å². The van der Waals surface area contributed by atoms with Crippen LogP contribution in [0.5, 0.6) is 0 Å². The fourth-order valence-corrected chi connectivity index (χ4v) is 4.04. The number of hydrogen-bond donors (Lipinski definition) is 2. The topological polar surface area (TPSA) is 67.6 Å². The molecule has 3 unspecified atom stereocenters. The summed E-state index contributed by atoms with van der Waals surface area (Å²) in [5.41, 5.74) is 8.07. The molecule has 2 fully saturated rings. The number of carbonyl (C=O) groups is 1. The number of amides is 1. The Kier molecular flexibility index (Phi) is 5.77. The molecule has 1 heterocycles. The van der Waals surface area contributed by atoms with Gasteiger partial charge in [-0.25, -0.2) is 0 Å². The van der Waals surface area contributed by atoms with Gasteiger partial charge in [0.25, 0.3) is 0 Å². The lowest BCUT2D eigenvalue weighted by Crippen LogP contribution is -2.51. The maximum atomic E-state index is 12.6. The SMILES string of the molecule is CC(c1ccc(NC(=O)C2CCCCC2(C)N)cc1)N1CCOCC1.